The van der Waals surface area contributed by atoms with Crippen molar-refractivity contribution in [2.24, 2.45) is 0 Å². The monoisotopic (exact) mass is 438 g/mol. The summed E-state index contributed by atoms with van der Waals surface area (Å²) >= 11 is 0. The van der Waals surface area contributed by atoms with Gasteiger partial charge in [-0.15, -0.1) is 0 Å². The third-order valence-corrected chi connectivity index (χ3v) is 4.98. The average Bonchev–Trinajstić information content (AvgIpc) is 2.79. The van der Waals surface area contributed by atoms with Crippen LogP contribution in [0.2, 0.25) is 0 Å². The van der Waals surface area contributed by atoms with Crippen molar-refractivity contribution < 1.29 is 33.7 Å². The molecule has 2 N–H and O–H groups in total. The molecule has 1 aromatic carbocycles. The molecule has 3 rings (SSSR count). The number of benzene rings is 1. The fraction of sp³-hybridized carbons (Fsp3) is 0.217. The molecule has 0 bridgehead atoms. The lowest BCUT2D eigenvalue weighted by Gasteiger charge is -2.20. The minimum atomic E-state index is -0.562. The second-order valence-corrected chi connectivity index (χ2v) is 6.90. The minimum Gasteiger partial charge on any atom is -0.507 e. The first kappa shape index (κ1) is 22.5. The van der Waals surface area contributed by atoms with Crippen LogP contribution in [0.25, 0.3) is 0 Å². The first-order valence-corrected chi connectivity index (χ1v) is 9.55. The highest BCUT2D eigenvalue weighted by molar-refractivity contribution is 6.23. The topological polar surface area (TPSA) is 124 Å². The molecule has 0 unspecified atom stereocenters. The number of allylic oxidation sites excluding steroid dienone is 2. The number of pyridine rings is 1. The standard InChI is InChI=1S/C23H22N2O7/c1-12-15(20(28)22(32-4)21(31-3)19(12)27)9-13-5-6-17(26)16(10-13)23(29)25-14-7-8-24-18(11-14)30-2/h5-8,10-11,26H,9H2,1-4H3,(H,24,25,29). The van der Waals surface area contributed by atoms with E-state index in [2.05, 4.69) is 10.3 Å². The summed E-state index contributed by atoms with van der Waals surface area (Å²) in [4.78, 5) is 42.1. The average molecular weight is 438 g/mol. The number of phenols is 1. The number of ether oxygens (including phenoxy) is 3. The Morgan fingerprint density at radius 1 is 1.00 bits per heavy atom. The van der Waals surface area contributed by atoms with Gasteiger partial charge in [-0.05, 0) is 30.7 Å². The molecule has 9 nitrogen and oxygen atoms in total. The lowest BCUT2D eigenvalue weighted by atomic mass is 9.88. The molecule has 0 aliphatic heterocycles. The van der Waals surface area contributed by atoms with Crippen LogP contribution < -0.4 is 10.1 Å². The van der Waals surface area contributed by atoms with Crippen molar-refractivity contribution in [2.75, 3.05) is 26.6 Å². The number of Topliss-reactive ketones (excluding diaryl/α,β-unsaturated/α-hetero) is 2. The summed E-state index contributed by atoms with van der Waals surface area (Å²) in [5, 5.41) is 12.9. The van der Waals surface area contributed by atoms with Crippen molar-refractivity contribution in [2.45, 2.75) is 13.3 Å². The molecule has 0 atom stereocenters. The Balaban J connectivity index is 1.89. The fourth-order valence-corrected chi connectivity index (χ4v) is 3.28. The minimum absolute atomic E-state index is 0.00575. The van der Waals surface area contributed by atoms with Gasteiger partial charge in [-0.25, -0.2) is 4.98 Å². The van der Waals surface area contributed by atoms with Gasteiger partial charge < -0.3 is 24.6 Å². The van der Waals surface area contributed by atoms with Gasteiger partial charge in [-0.1, -0.05) is 6.07 Å². The molecule has 0 radical (unpaired) electrons. The zero-order chi connectivity index (χ0) is 23.4. The van der Waals surface area contributed by atoms with Crippen molar-refractivity contribution in [1.82, 2.24) is 4.98 Å². The van der Waals surface area contributed by atoms with E-state index in [0.29, 0.717) is 17.1 Å². The zero-order valence-corrected chi connectivity index (χ0v) is 18.0. The predicted molar refractivity (Wildman–Crippen MR) is 114 cm³/mol. The largest absolute Gasteiger partial charge is 0.507 e. The number of hydrogen-bond donors (Lipinski definition) is 2. The number of methoxy groups -OCH3 is 3. The van der Waals surface area contributed by atoms with Crippen molar-refractivity contribution in [3.63, 3.8) is 0 Å². The number of carbonyl (C=O) groups excluding carboxylic acids is 3. The summed E-state index contributed by atoms with van der Waals surface area (Å²) < 4.78 is 15.2. The number of amides is 1. The Hall–Kier alpha value is -4.14. The Bertz CT molecular complexity index is 1160. The summed E-state index contributed by atoms with van der Waals surface area (Å²) in [7, 11) is 4.03. The van der Waals surface area contributed by atoms with E-state index >= 15 is 0 Å². The van der Waals surface area contributed by atoms with Crippen LogP contribution in [0.5, 0.6) is 11.6 Å². The number of hydrogen-bond acceptors (Lipinski definition) is 8. The molecular formula is C23H22N2O7. The normalized spacial score (nSPS) is 13.9. The van der Waals surface area contributed by atoms with Gasteiger partial charge in [0.1, 0.15) is 5.75 Å². The molecule has 1 amide bonds. The zero-order valence-electron chi connectivity index (χ0n) is 18.0. The van der Waals surface area contributed by atoms with E-state index in [4.69, 9.17) is 14.2 Å². The van der Waals surface area contributed by atoms with Gasteiger partial charge >= 0.3 is 0 Å². The molecule has 166 valence electrons. The van der Waals surface area contributed by atoms with Crippen LogP contribution in [0, 0.1) is 0 Å². The fourth-order valence-electron chi connectivity index (χ4n) is 3.28. The van der Waals surface area contributed by atoms with Gasteiger partial charge in [0.05, 0.1) is 26.9 Å². The third-order valence-electron chi connectivity index (χ3n) is 4.98. The Morgan fingerprint density at radius 3 is 2.34 bits per heavy atom. The van der Waals surface area contributed by atoms with E-state index in [1.165, 1.54) is 52.6 Å². The van der Waals surface area contributed by atoms with Gasteiger partial charge in [0.2, 0.25) is 29.0 Å². The van der Waals surface area contributed by atoms with Gasteiger partial charge in [0.25, 0.3) is 5.91 Å². The van der Waals surface area contributed by atoms with Crippen LogP contribution >= 0.6 is 0 Å². The van der Waals surface area contributed by atoms with E-state index in [1.807, 2.05) is 0 Å². The van der Waals surface area contributed by atoms with Gasteiger partial charge in [-0.3, -0.25) is 14.4 Å². The van der Waals surface area contributed by atoms with Gasteiger partial charge in [0, 0.05) is 35.5 Å². The smallest absolute Gasteiger partial charge is 0.259 e. The Kier molecular flexibility index (Phi) is 6.58. The van der Waals surface area contributed by atoms with E-state index in [1.54, 1.807) is 12.1 Å². The molecule has 1 heterocycles. The second kappa shape index (κ2) is 9.34. The lowest BCUT2D eigenvalue weighted by Crippen LogP contribution is -2.26. The number of nitrogens with zero attached hydrogens (tertiary/aromatic N) is 1. The summed E-state index contributed by atoms with van der Waals surface area (Å²) in [6.45, 7) is 1.53. The first-order valence-electron chi connectivity index (χ1n) is 9.55. The summed E-state index contributed by atoms with van der Waals surface area (Å²) in [6.07, 6.45) is 1.53. The predicted octanol–water partition coefficient (Wildman–Crippen LogP) is 2.56. The van der Waals surface area contributed by atoms with Crippen molar-refractivity contribution >= 4 is 23.2 Å². The van der Waals surface area contributed by atoms with Crippen LogP contribution in [0.4, 0.5) is 5.69 Å². The van der Waals surface area contributed by atoms with Crippen LogP contribution in [-0.2, 0) is 25.5 Å². The second-order valence-electron chi connectivity index (χ2n) is 6.90. The van der Waals surface area contributed by atoms with Gasteiger partial charge in [-0.2, -0.15) is 0 Å². The van der Waals surface area contributed by atoms with Crippen LogP contribution in [0.1, 0.15) is 22.8 Å². The van der Waals surface area contributed by atoms with Gasteiger partial charge in [0.15, 0.2) is 0 Å². The summed E-state index contributed by atoms with van der Waals surface area (Å²) in [6, 6.07) is 7.50. The molecule has 0 fully saturated rings. The number of aromatic nitrogens is 1. The molecule has 0 saturated heterocycles. The molecule has 32 heavy (non-hydrogen) atoms. The summed E-state index contributed by atoms with van der Waals surface area (Å²) in [5.74, 6) is -1.69. The highest BCUT2D eigenvalue weighted by atomic mass is 16.5. The molecule has 1 aliphatic rings. The van der Waals surface area contributed by atoms with Crippen molar-refractivity contribution in [1.29, 1.82) is 0 Å². The molecule has 2 aromatic rings. The number of ketones is 2. The number of aromatic hydroxyl groups is 1. The van der Waals surface area contributed by atoms with E-state index in [0.717, 1.165) is 0 Å². The molecule has 1 aromatic heterocycles. The van der Waals surface area contributed by atoms with E-state index < -0.39 is 17.5 Å². The van der Waals surface area contributed by atoms with E-state index in [-0.39, 0.29) is 40.4 Å². The molecule has 0 saturated carbocycles. The van der Waals surface area contributed by atoms with Crippen molar-refractivity contribution in [3.05, 3.63) is 70.3 Å². The van der Waals surface area contributed by atoms with Crippen LogP contribution in [0.3, 0.4) is 0 Å². The maximum Gasteiger partial charge on any atom is 0.259 e. The van der Waals surface area contributed by atoms with E-state index in [9.17, 15) is 19.5 Å². The first-order chi connectivity index (χ1) is 15.3. The summed E-state index contributed by atoms with van der Waals surface area (Å²) in [5.41, 5.74) is 1.44. The van der Waals surface area contributed by atoms with Crippen molar-refractivity contribution in [3.8, 4) is 11.6 Å². The third kappa shape index (κ3) is 4.31. The van der Waals surface area contributed by atoms with Crippen LogP contribution in [-0.4, -0.2) is 48.9 Å². The highest BCUT2D eigenvalue weighted by Gasteiger charge is 2.34. The Labute approximate surface area is 184 Å². The molecule has 9 heteroatoms. The molecule has 1 aliphatic carbocycles. The van der Waals surface area contributed by atoms with Crippen LogP contribution in [0.15, 0.2) is 59.2 Å². The SMILES string of the molecule is COC1=C(OC)C(=O)C(Cc2ccc(O)c(C(=O)Nc3ccnc(OC)c3)c2)=C(C)C1=O. The number of phenolic OH excluding ortho intramolecular Hbond substituents is 1. The number of carbonyl (C=O) groups is 3. The quantitative estimate of drug-likeness (QED) is 0.632. The molecular weight excluding hydrogens is 416 g/mol. The Morgan fingerprint density at radius 2 is 1.69 bits per heavy atom. The number of nitrogens with one attached hydrogen (secondary N) is 1. The highest BCUT2D eigenvalue weighted by Crippen LogP contribution is 2.29. The maximum absolute atomic E-state index is 12.9. The lowest BCUT2D eigenvalue weighted by molar-refractivity contribution is -0.121. The molecule has 0 spiro atoms. The number of rotatable bonds is 7. The number of anilines is 1. The maximum atomic E-state index is 12.9.